The van der Waals surface area contributed by atoms with Gasteiger partial charge in [-0.1, -0.05) is 60.7 Å². The molecule has 1 aromatic heterocycles. The SMILES string of the molecule is CCCN1C(=O)/C(=C\c2c(C)c(C#N)c(=O)n(C)c2NCc2ccccc2Cl)SC1=S. The highest BCUT2D eigenvalue weighted by molar-refractivity contribution is 8.26. The van der Waals surface area contributed by atoms with E-state index in [1.165, 1.54) is 16.3 Å². The number of benzene rings is 1. The highest BCUT2D eigenvalue weighted by atomic mass is 35.5. The molecule has 0 unspecified atom stereocenters. The van der Waals surface area contributed by atoms with Gasteiger partial charge in [-0.2, -0.15) is 5.26 Å². The quantitative estimate of drug-likeness (QED) is 0.494. The number of hydrogen-bond acceptors (Lipinski definition) is 6. The van der Waals surface area contributed by atoms with E-state index in [4.69, 9.17) is 23.8 Å². The van der Waals surface area contributed by atoms with Gasteiger partial charge in [-0.3, -0.25) is 19.1 Å². The number of thioether (sulfide) groups is 1. The summed E-state index contributed by atoms with van der Waals surface area (Å²) in [4.78, 5) is 27.6. The summed E-state index contributed by atoms with van der Waals surface area (Å²) in [6.45, 7) is 4.61. The number of nitriles is 1. The van der Waals surface area contributed by atoms with Gasteiger partial charge in [-0.15, -0.1) is 0 Å². The van der Waals surface area contributed by atoms with Crippen molar-refractivity contribution in [2.75, 3.05) is 11.9 Å². The van der Waals surface area contributed by atoms with Crippen LogP contribution in [0.4, 0.5) is 5.82 Å². The summed E-state index contributed by atoms with van der Waals surface area (Å²) in [5, 5.41) is 13.4. The van der Waals surface area contributed by atoms with Gasteiger partial charge < -0.3 is 5.32 Å². The van der Waals surface area contributed by atoms with Gasteiger partial charge >= 0.3 is 0 Å². The van der Waals surface area contributed by atoms with E-state index < -0.39 is 5.56 Å². The monoisotopic (exact) mass is 472 g/mol. The van der Waals surface area contributed by atoms with E-state index in [9.17, 15) is 14.9 Å². The Kier molecular flexibility index (Phi) is 7.21. The number of halogens is 1. The molecule has 6 nitrogen and oxygen atoms in total. The lowest BCUT2D eigenvalue weighted by Gasteiger charge is -2.18. The third kappa shape index (κ3) is 4.54. The summed E-state index contributed by atoms with van der Waals surface area (Å²) in [7, 11) is 1.59. The van der Waals surface area contributed by atoms with Crippen LogP contribution in [0.25, 0.3) is 6.08 Å². The fourth-order valence-electron chi connectivity index (χ4n) is 3.31. The van der Waals surface area contributed by atoms with Crippen LogP contribution in [0.5, 0.6) is 0 Å². The molecule has 0 saturated carbocycles. The number of amides is 1. The van der Waals surface area contributed by atoms with Crippen molar-refractivity contribution >= 4 is 57.7 Å². The molecular weight excluding hydrogens is 452 g/mol. The lowest BCUT2D eigenvalue weighted by molar-refractivity contribution is -0.122. The van der Waals surface area contributed by atoms with Crippen LogP contribution in [0.1, 0.15) is 35.6 Å². The normalized spacial score (nSPS) is 14.9. The van der Waals surface area contributed by atoms with E-state index in [0.29, 0.717) is 44.3 Å². The first-order valence-electron chi connectivity index (χ1n) is 9.66. The summed E-state index contributed by atoms with van der Waals surface area (Å²) < 4.78 is 1.90. The zero-order valence-corrected chi connectivity index (χ0v) is 19.7. The number of rotatable bonds is 6. The number of carbonyl (C=O) groups excluding carboxylic acids is 1. The molecule has 2 heterocycles. The first-order valence-corrected chi connectivity index (χ1v) is 11.3. The van der Waals surface area contributed by atoms with E-state index in [0.717, 1.165) is 12.0 Å². The molecule has 1 aromatic carbocycles. The van der Waals surface area contributed by atoms with Gasteiger partial charge in [0.2, 0.25) is 0 Å². The van der Waals surface area contributed by atoms with Crippen molar-refractivity contribution in [1.82, 2.24) is 9.47 Å². The van der Waals surface area contributed by atoms with Gasteiger partial charge in [0.1, 0.15) is 21.8 Å². The molecule has 31 heavy (non-hydrogen) atoms. The third-order valence-corrected chi connectivity index (χ3v) is 6.75. The van der Waals surface area contributed by atoms with Crippen LogP contribution < -0.4 is 10.9 Å². The maximum Gasteiger partial charge on any atom is 0.270 e. The second kappa shape index (κ2) is 9.69. The number of carbonyl (C=O) groups is 1. The van der Waals surface area contributed by atoms with Gasteiger partial charge in [0, 0.05) is 30.7 Å². The lowest BCUT2D eigenvalue weighted by atomic mass is 10.0. The molecule has 0 atom stereocenters. The summed E-state index contributed by atoms with van der Waals surface area (Å²) in [6.07, 6.45) is 2.50. The maximum atomic E-state index is 12.8. The Labute approximate surface area is 195 Å². The molecular formula is C22H21ClN4O2S2. The van der Waals surface area contributed by atoms with E-state index in [1.807, 2.05) is 31.2 Å². The van der Waals surface area contributed by atoms with Crippen LogP contribution in [-0.2, 0) is 18.4 Å². The Morgan fingerprint density at radius 1 is 1.32 bits per heavy atom. The molecule has 0 spiro atoms. The van der Waals surface area contributed by atoms with Gasteiger partial charge in [-0.05, 0) is 36.6 Å². The molecule has 1 aliphatic rings. The molecule has 3 rings (SSSR count). The van der Waals surface area contributed by atoms with E-state index >= 15 is 0 Å². The van der Waals surface area contributed by atoms with Crippen molar-refractivity contribution in [1.29, 1.82) is 5.26 Å². The fourth-order valence-corrected chi connectivity index (χ4v) is 4.81. The minimum absolute atomic E-state index is 0.0427. The molecule has 0 bridgehead atoms. The zero-order chi connectivity index (χ0) is 22.7. The highest BCUT2D eigenvalue weighted by Crippen LogP contribution is 2.35. The molecule has 160 valence electrons. The van der Waals surface area contributed by atoms with Gasteiger partial charge in [0.15, 0.2) is 0 Å². The Balaban J connectivity index is 2.10. The molecule has 1 fully saturated rings. The Morgan fingerprint density at radius 3 is 2.68 bits per heavy atom. The molecule has 0 aliphatic carbocycles. The number of nitrogens with zero attached hydrogens (tertiary/aromatic N) is 3. The molecule has 1 N–H and O–H groups in total. The maximum absolute atomic E-state index is 12.8. The first kappa shape index (κ1) is 23.1. The Bertz CT molecular complexity index is 1200. The van der Waals surface area contributed by atoms with Crippen LogP contribution in [0, 0.1) is 18.3 Å². The molecule has 1 aliphatic heterocycles. The van der Waals surface area contributed by atoms with Crippen LogP contribution in [0.15, 0.2) is 34.0 Å². The Morgan fingerprint density at radius 2 is 2.03 bits per heavy atom. The number of anilines is 1. The van der Waals surface area contributed by atoms with Gasteiger partial charge in [0.25, 0.3) is 11.5 Å². The molecule has 2 aromatic rings. The standard InChI is InChI=1S/C22H21ClN4O2S2/c1-4-9-27-21(29)18(31-22(27)30)10-15-13(2)16(11-24)20(28)26(3)19(15)25-12-14-7-5-6-8-17(14)23/h5-8,10,25H,4,9,12H2,1-3H3/b18-10+. The van der Waals surface area contributed by atoms with E-state index in [2.05, 4.69) is 5.32 Å². The smallest absolute Gasteiger partial charge is 0.270 e. The van der Waals surface area contributed by atoms with E-state index in [-0.39, 0.29) is 11.5 Å². The van der Waals surface area contributed by atoms with Crippen LogP contribution in [0.3, 0.4) is 0 Å². The van der Waals surface area contributed by atoms with Crippen LogP contribution >= 0.6 is 35.6 Å². The third-order valence-electron chi connectivity index (χ3n) is 5.00. The van der Waals surface area contributed by atoms with Crippen molar-refractivity contribution in [3.05, 3.63) is 66.8 Å². The molecule has 1 saturated heterocycles. The summed E-state index contributed by atoms with van der Waals surface area (Å²) in [5.74, 6) is 0.336. The predicted molar refractivity (Wildman–Crippen MR) is 130 cm³/mol. The van der Waals surface area contributed by atoms with E-state index in [1.54, 1.807) is 31.0 Å². The highest BCUT2D eigenvalue weighted by Gasteiger charge is 2.32. The second-order valence-electron chi connectivity index (χ2n) is 7.02. The van der Waals surface area contributed by atoms with Gasteiger partial charge in [0.05, 0.1) is 4.91 Å². The summed E-state index contributed by atoms with van der Waals surface area (Å²) in [6, 6.07) is 9.40. The average molecular weight is 473 g/mol. The number of aromatic nitrogens is 1. The van der Waals surface area contributed by atoms with Crippen molar-refractivity contribution < 1.29 is 4.79 Å². The number of hydrogen-bond donors (Lipinski definition) is 1. The van der Waals surface area contributed by atoms with Crippen molar-refractivity contribution in [3.8, 4) is 6.07 Å². The van der Waals surface area contributed by atoms with Crippen LogP contribution in [-0.4, -0.2) is 26.2 Å². The molecule has 0 radical (unpaired) electrons. The minimum atomic E-state index is -0.405. The molecule has 1 amide bonds. The Hall–Kier alpha value is -2.60. The second-order valence-corrected chi connectivity index (χ2v) is 9.10. The minimum Gasteiger partial charge on any atom is -0.367 e. The van der Waals surface area contributed by atoms with Crippen molar-refractivity contribution in [2.24, 2.45) is 7.05 Å². The number of nitrogens with one attached hydrogen (secondary N) is 1. The van der Waals surface area contributed by atoms with Crippen molar-refractivity contribution in [2.45, 2.75) is 26.8 Å². The zero-order valence-electron chi connectivity index (χ0n) is 17.4. The summed E-state index contributed by atoms with van der Waals surface area (Å²) in [5.41, 5.74) is 1.60. The topological polar surface area (TPSA) is 78.1 Å². The van der Waals surface area contributed by atoms with Crippen molar-refractivity contribution in [3.63, 3.8) is 0 Å². The fraction of sp³-hybridized carbons (Fsp3) is 0.273. The lowest BCUT2D eigenvalue weighted by Crippen LogP contribution is -2.28. The molecule has 9 heteroatoms. The van der Waals surface area contributed by atoms with Crippen LogP contribution in [0.2, 0.25) is 5.02 Å². The first-order chi connectivity index (χ1) is 14.8. The summed E-state index contributed by atoms with van der Waals surface area (Å²) >= 11 is 12.8. The average Bonchev–Trinajstić information content (AvgIpc) is 3.01. The number of thiocarbonyl (C=S) groups is 1. The largest absolute Gasteiger partial charge is 0.367 e. The number of pyridine rings is 1. The predicted octanol–water partition coefficient (Wildman–Crippen LogP) is 4.44. The van der Waals surface area contributed by atoms with Gasteiger partial charge in [-0.25, -0.2) is 0 Å².